The summed E-state index contributed by atoms with van der Waals surface area (Å²) in [5.74, 6) is 0.171. The summed E-state index contributed by atoms with van der Waals surface area (Å²) in [6.07, 6.45) is 1.59. The third-order valence-electron chi connectivity index (χ3n) is 1.76. The van der Waals surface area contributed by atoms with Crippen molar-refractivity contribution >= 4 is 34.8 Å². The Hall–Kier alpha value is -0.0900. The van der Waals surface area contributed by atoms with Gasteiger partial charge in [0.05, 0.1) is 0 Å². The summed E-state index contributed by atoms with van der Waals surface area (Å²) in [7, 11) is 0. The van der Waals surface area contributed by atoms with E-state index >= 15 is 0 Å². The normalized spacial score (nSPS) is 14.1. The standard InChI is InChI=1S/C8H10Cl3N3/c1-4(12)6-3-13-7(8(9,10)11)14-5(6)2/h3-4H,12H2,1-2H3/t4-/m1/s1. The first-order chi connectivity index (χ1) is 6.32. The highest BCUT2D eigenvalue weighted by molar-refractivity contribution is 6.66. The molecule has 1 atom stereocenters. The smallest absolute Gasteiger partial charge is 0.250 e. The van der Waals surface area contributed by atoms with Crippen molar-refractivity contribution < 1.29 is 0 Å². The molecule has 0 radical (unpaired) electrons. The Kier molecular flexibility index (Phi) is 3.58. The zero-order chi connectivity index (χ0) is 10.9. The van der Waals surface area contributed by atoms with Crippen LogP contribution in [-0.2, 0) is 3.79 Å². The van der Waals surface area contributed by atoms with Gasteiger partial charge in [0.15, 0.2) is 5.82 Å². The van der Waals surface area contributed by atoms with Crippen LogP contribution in [0.15, 0.2) is 6.20 Å². The van der Waals surface area contributed by atoms with E-state index in [1.807, 2.05) is 6.92 Å². The number of aromatic nitrogens is 2. The van der Waals surface area contributed by atoms with Gasteiger partial charge in [-0.1, -0.05) is 34.8 Å². The Labute approximate surface area is 97.6 Å². The van der Waals surface area contributed by atoms with Crippen LogP contribution in [0, 0.1) is 6.92 Å². The van der Waals surface area contributed by atoms with E-state index in [-0.39, 0.29) is 11.9 Å². The van der Waals surface area contributed by atoms with Crippen LogP contribution in [0.25, 0.3) is 0 Å². The van der Waals surface area contributed by atoms with E-state index in [0.29, 0.717) is 0 Å². The summed E-state index contributed by atoms with van der Waals surface area (Å²) in [6, 6.07) is -0.126. The molecule has 0 bridgehead atoms. The Bertz CT molecular complexity index is 333. The number of alkyl halides is 3. The van der Waals surface area contributed by atoms with Crippen LogP contribution in [0.1, 0.15) is 30.0 Å². The van der Waals surface area contributed by atoms with E-state index < -0.39 is 3.79 Å². The maximum atomic E-state index is 5.69. The average molecular weight is 255 g/mol. The van der Waals surface area contributed by atoms with Gasteiger partial charge in [-0.3, -0.25) is 0 Å². The van der Waals surface area contributed by atoms with E-state index in [0.717, 1.165) is 11.3 Å². The van der Waals surface area contributed by atoms with Gasteiger partial charge in [-0.25, -0.2) is 9.97 Å². The van der Waals surface area contributed by atoms with Crippen LogP contribution in [0.3, 0.4) is 0 Å². The highest BCUT2D eigenvalue weighted by Crippen LogP contribution is 2.35. The van der Waals surface area contributed by atoms with Gasteiger partial charge in [0.25, 0.3) is 0 Å². The van der Waals surface area contributed by atoms with Crippen LogP contribution in [0.2, 0.25) is 0 Å². The number of nitrogens with zero attached hydrogens (tertiary/aromatic N) is 2. The van der Waals surface area contributed by atoms with Gasteiger partial charge in [-0.15, -0.1) is 0 Å². The fourth-order valence-electron chi connectivity index (χ4n) is 1.06. The first kappa shape index (κ1) is 12.0. The van der Waals surface area contributed by atoms with Crippen LogP contribution in [0.5, 0.6) is 0 Å². The molecule has 0 fully saturated rings. The van der Waals surface area contributed by atoms with E-state index in [2.05, 4.69) is 9.97 Å². The van der Waals surface area contributed by atoms with Crippen molar-refractivity contribution in [2.24, 2.45) is 5.73 Å². The Balaban J connectivity index is 3.13. The predicted molar refractivity (Wildman–Crippen MR) is 58.6 cm³/mol. The summed E-state index contributed by atoms with van der Waals surface area (Å²) in [5.41, 5.74) is 7.28. The minimum absolute atomic E-state index is 0.126. The minimum atomic E-state index is -1.58. The second-order valence-corrected chi connectivity index (χ2v) is 5.30. The second kappa shape index (κ2) is 4.19. The molecule has 0 saturated heterocycles. The lowest BCUT2D eigenvalue weighted by Crippen LogP contribution is -2.13. The maximum absolute atomic E-state index is 5.69. The third kappa shape index (κ3) is 2.70. The molecule has 1 aromatic heterocycles. The molecule has 0 aliphatic heterocycles. The molecule has 0 saturated carbocycles. The first-order valence-corrected chi connectivity index (χ1v) is 5.12. The third-order valence-corrected chi connectivity index (χ3v) is 2.27. The summed E-state index contributed by atoms with van der Waals surface area (Å²) in [5, 5.41) is 0. The van der Waals surface area contributed by atoms with E-state index in [1.54, 1.807) is 13.1 Å². The number of halogens is 3. The van der Waals surface area contributed by atoms with Gasteiger partial charge >= 0.3 is 0 Å². The zero-order valence-electron chi connectivity index (χ0n) is 7.76. The molecular weight excluding hydrogens is 244 g/mol. The van der Waals surface area contributed by atoms with Crippen LogP contribution < -0.4 is 5.73 Å². The van der Waals surface area contributed by atoms with E-state index in [4.69, 9.17) is 40.5 Å². The highest BCUT2D eigenvalue weighted by atomic mass is 35.6. The SMILES string of the molecule is Cc1nc(C(Cl)(Cl)Cl)ncc1[C@@H](C)N. The molecule has 0 unspecified atom stereocenters. The number of hydrogen-bond acceptors (Lipinski definition) is 3. The molecule has 6 heteroatoms. The number of aryl methyl sites for hydroxylation is 1. The Morgan fingerprint density at radius 2 is 2.00 bits per heavy atom. The number of hydrogen-bond donors (Lipinski definition) is 1. The fourth-order valence-corrected chi connectivity index (χ4v) is 1.33. The van der Waals surface area contributed by atoms with Crippen LogP contribution >= 0.6 is 34.8 Å². The van der Waals surface area contributed by atoms with Crippen molar-refractivity contribution in [1.29, 1.82) is 0 Å². The quantitative estimate of drug-likeness (QED) is 0.784. The van der Waals surface area contributed by atoms with E-state index in [9.17, 15) is 0 Å². The number of nitrogens with two attached hydrogens (primary N) is 1. The van der Waals surface area contributed by atoms with Gasteiger partial charge in [0.1, 0.15) is 0 Å². The molecule has 0 amide bonds. The zero-order valence-corrected chi connectivity index (χ0v) is 10.0. The molecular formula is C8H10Cl3N3. The topological polar surface area (TPSA) is 51.8 Å². The molecule has 0 aliphatic carbocycles. The Morgan fingerprint density at radius 3 is 2.36 bits per heavy atom. The molecule has 1 rings (SSSR count). The fraction of sp³-hybridized carbons (Fsp3) is 0.500. The molecule has 0 spiro atoms. The minimum Gasteiger partial charge on any atom is -0.324 e. The molecule has 0 aliphatic rings. The van der Waals surface area contributed by atoms with Crippen molar-refractivity contribution in [2.45, 2.75) is 23.7 Å². The van der Waals surface area contributed by atoms with Gasteiger partial charge in [0, 0.05) is 23.5 Å². The molecule has 0 aromatic carbocycles. The lowest BCUT2D eigenvalue weighted by molar-refractivity contribution is 0.776. The van der Waals surface area contributed by atoms with Gasteiger partial charge in [-0.05, 0) is 13.8 Å². The molecule has 14 heavy (non-hydrogen) atoms. The summed E-state index contributed by atoms with van der Waals surface area (Å²) in [4.78, 5) is 8.02. The molecule has 78 valence electrons. The van der Waals surface area contributed by atoms with E-state index in [1.165, 1.54) is 0 Å². The molecule has 1 aromatic rings. The van der Waals surface area contributed by atoms with Crippen LogP contribution in [-0.4, -0.2) is 9.97 Å². The lowest BCUT2D eigenvalue weighted by atomic mass is 10.1. The van der Waals surface area contributed by atoms with Crippen molar-refractivity contribution in [2.75, 3.05) is 0 Å². The van der Waals surface area contributed by atoms with Gasteiger partial charge in [0.2, 0.25) is 3.79 Å². The largest absolute Gasteiger partial charge is 0.324 e. The molecule has 2 N–H and O–H groups in total. The van der Waals surface area contributed by atoms with Gasteiger partial charge < -0.3 is 5.73 Å². The second-order valence-electron chi connectivity index (χ2n) is 3.02. The van der Waals surface area contributed by atoms with Gasteiger partial charge in [-0.2, -0.15) is 0 Å². The van der Waals surface area contributed by atoms with Crippen molar-refractivity contribution in [1.82, 2.24) is 9.97 Å². The van der Waals surface area contributed by atoms with Crippen molar-refractivity contribution in [3.63, 3.8) is 0 Å². The molecule has 1 heterocycles. The summed E-state index contributed by atoms with van der Waals surface area (Å²) < 4.78 is -1.58. The van der Waals surface area contributed by atoms with Crippen LogP contribution in [0.4, 0.5) is 0 Å². The lowest BCUT2D eigenvalue weighted by Gasteiger charge is -2.13. The highest BCUT2D eigenvalue weighted by Gasteiger charge is 2.27. The summed E-state index contributed by atoms with van der Waals surface area (Å²) >= 11 is 16.9. The summed E-state index contributed by atoms with van der Waals surface area (Å²) in [6.45, 7) is 3.65. The van der Waals surface area contributed by atoms with Crippen molar-refractivity contribution in [3.8, 4) is 0 Å². The first-order valence-electron chi connectivity index (χ1n) is 3.98. The average Bonchev–Trinajstić information content (AvgIpc) is 2.01. The monoisotopic (exact) mass is 253 g/mol. The molecule has 3 nitrogen and oxygen atoms in total. The predicted octanol–water partition coefficient (Wildman–Crippen LogP) is 2.63. The maximum Gasteiger partial charge on any atom is 0.250 e. The van der Waals surface area contributed by atoms with Crippen molar-refractivity contribution in [3.05, 3.63) is 23.3 Å². The Morgan fingerprint density at radius 1 is 1.43 bits per heavy atom. The number of rotatable bonds is 1.